The van der Waals surface area contributed by atoms with Crippen LogP contribution >= 0.6 is 11.3 Å². The number of methoxy groups -OCH3 is 3. The van der Waals surface area contributed by atoms with Gasteiger partial charge in [0.25, 0.3) is 0 Å². The molecule has 0 aliphatic rings. The molecular formula is C15H18O4S. The maximum absolute atomic E-state index is 10.3. The molecule has 2 aromatic rings. The van der Waals surface area contributed by atoms with Crippen molar-refractivity contribution < 1.29 is 19.3 Å². The molecule has 0 fully saturated rings. The molecule has 0 spiro atoms. The Hall–Kier alpha value is -1.72. The average Bonchev–Trinajstić information content (AvgIpc) is 2.98. The quantitative estimate of drug-likeness (QED) is 0.889. The third-order valence-electron chi connectivity index (χ3n) is 3.08. The Bertz CT molecular complexity index is 526. The van der Waals surface area contributed by atoms with Crippen LogP contribution in [-0.4, -0.2) is 26.4 Å². The monoisotopic (exact) mass is 294 g/mol. The first-order valence-corrected chi connectivity index (χ1v) is 7.13. The second-order valence-corrected chi connectivity index (χ2v) is 5.09. The molecule has 108 valence electrons. The first-order valence-electron chi connectivity index (χ1n) is 6.18. The number of aliphatic hydroxyl groups excluding tert-OH is 1. The predicted octanol–water partition coefficient (Wildman–Crippen LogP) is 3.05. The lowest BCUT2D eigenvalue weighted by atomic mass is 10.0. The number of benzene rings is 1. The summed E-state index contributed by atoms with van der Waals surface area (Å²) in [7, 11) is 4.68. The molecule has 1 N–H and O–H groups in total. The highest BCUT2D eigenvalue weighted by molar-refractivity contribution is 7.07. The van der Waals surface area contributed by atoms with Crippen LogP contribution in [0.4, 0.5) is 0 Å². The zero-order valence-electron chi connectivity index (χ0n) is 11.8. The topological polar surface area (TPSA) is 47.9 Å². The summed E-state index contributed by atoms with van der Waals surface area (Å²) in [6, 6.07) is 5.56. The molecule has 0 amide bonds. The largest absolute Gasteiger partial charge is 0.493 e. The minimum atomic E-state index is -0.613. The normalized spacial score (nSPS) is 12.0. The van der Waals surface area contributed by atoms with Crippen LogP contribution in [0.5, 0.6) is 17.2 Å². The van der Waals surface area contributed by atoms with E-state index < -0.39 is 6.10 Å². The van der Waals surface area contributed by atoms with Gasteiger partial charge in [-0.1, -0.05) is 0 Å². The minimum Gasteiger partial charge on any atom is -0.493 e. The number of hydrogen-bond donors (Lipinski definition) is 1. The van der Waals surface area contributed by atoms with Gasteiger partial charge in [0.05, 0.1) is 27.4 Å². The summed E-state index contributed by atoms with van der Waals surface area (Å²) in [6.45, 7) is 0. The maximum atomic E-state index is 10.3. The van der Waals surface area contributed by atoms with Gasteiger partial charge >= 0.3 is 0 Å². The van der Waals surface area contributed by atoms with E-state index in [-0.39, 0.29) is 0 Å². The third kappa shape index (κ3) is 3.05. The van der Waals surface area contributed by atoms with Gasteiger partial charge in [-0.3, -0.25) is 0 Å². The lowest BCUT2D eigenvalue weighted by Crippen LogP contribution is -2.03. The molecule has 5 heteroatoms. The second kappa shape index (κ2) is 6.63. The number of aliphatic hydroxyl groups is 1. The van der Waals surface area contributed by atoms with Crippen LogP contribution in [0.25, 0.3) is 0 Å². The Morgan fingerprint density at radius 3 is 2.20 bits per heavy atom. The zero-order valence-corrected chi connectivity index (χ0v) is 12.6. The fourth-order valence-corrected chi connectivity index (χ4v) is 2.73. The third-order valence-corrected chi connectivity index (χ3v) is 3.81. The number of ether oxygens (including phenoxy) is 3. The van der Waals surface area contributed by atoms with Crippen LogP contribution < -0.4 is 14.2 Å². The van der Waals surface area contributed by atoms with Gasteiger partial charge in [-0.05, 0) is 40.1 Å². The predicted molar refractivity (Wildman–Crippen MR) is 79.1 cm³/mol. The Labute approximate surface area is 122 Å². The van der Waals surface area contributed by atoms with Crippen LogP contribution in [0.15, 0.2) is 29.0 Å². The molecule has 2 rings (SSSR count). The molecule has 4 nitrogen and oxygen atoms in total. The molecule has 1 heterocycles. The summed E-state index contributed by atoms with van der Waals surface area (Å²) in [5.41, 5.74) is 1.85. The van der Waals surface area contributed by atoms with E-state index in [9.17, 15) is 5.11 Å². The van der Waals surface area contributed by atoms with Crippen molar-refractivity contribution in [2.24, 2.45) is 0 Å². The van der Waals surface area contributed by atoms with Gasteiger partial charge in [-0.2, -0.15) is 11.3 Å². The highest BCUT2D eigenvalue weighted by Gasteiger charge is 2.17. The number of thiophene rings is 1. The molecule has 1 aromatic heterocycles. The van der Waals surface area contributed by atoms with Gasteiger partial charge in [0.1, 0.15) is 0 Å². The number of hydrogen-bond acceptors (Lipinski definition) is 5. The summed E-state index contributed by atoms with van der Waals surface area (Å²) in [5, 5.41) is 14.4. The Morgan fingerprint density at radius 2 is 1.75 bits per heavy atom. The summed E-state index contributed by atoms with van der Waals surface area (Å²) < 4.78 is 15.9. The van der Waals surface area contributed by atoms with Gasteiger partial charge in [-0.15, -0.1) is 0 Å². The van der Waals surface area contributed by atoms with Crippen LogP contribution in [0.2, 0.25) is 0 Å². The zero-order chi connectivity index (χ0) is 14.5. The molecular weight excluding hydrogens is 276 g/mol. The highest BCUT2D eigenvalue weighted by atomic mass is 32.1. The van der Waals surface area contributed by atoms with E-state index in [1.54, 1.807) is 44.8 Å². The Morgan fingerprint density at radius 1 is 1.10 bits per heavy atom. The van der Waals surface area contributed by atoms with E-state index in [1.165, 1.54) is 0 Å². The Kier molecular flexibility index (Phi) is 4.87. The smallest absolute Gasteiger partial charge is 0.203 e. The minimum absolute atomic E-state index is 0.529. The fourth-order valence-electron chi connectivity index (χ4n) is 2.04. The van der Waals surface area contributed by atoms with Crippen molar-refractivity contribution in [3.8, 4) is 17.2 Å². The fraction of sp³-hybridized carbons (Fsp3) is 0.333. The average molecular weight is 294 g/mol. The first-order chi connectivity index (χ1) is 9.69. The molecule has 0 radical (unpaired) electrons. The lowest BCUT2D eigenvalue weighted by molar-refractivity contribution is 0.177. The molecule has 1 atom stereocenters. The van der Waals surface area contributed by atoms with Crippen molar-refractivity contribution in [3.63, 3.8) is 0 Å². The van der Waals surface area contributed by atoms with E-state index in [2.05, 4.69) is 0 Å². The van der Waals surface area contributed by atoms with Crippen LogP contribution in [0, 0.1) is 0 Å². The van der Waals surface area contributed by atoms with Gasteiger partial charge in [-0.25, -0.2) is 0 Å². The van der Waals surface area contributed by atoms with Crippen molar-refractivity contribution in [2.45, 2.75) is 12.5 Å². The molecule has 0 saturated carbocycles. The summed E-state index contributed by atoms with van der Waals surface area (Å²) in [5.74, 6) is 1.62. The molecule has 0 aliphatic heterocycles. The summed E-state index contributed by atoms with van der Waals surface area (Å²) in [4.78, 5) is 0. The highest BCUT2D eigenvalue weighted by Crippen LogP contribution is 2.40. The van der Waals surface area contributed by atoms with E-state index in [0.717, 1.165) is 11.1 Å². The van der Waals surface area contributed by atoms with Crippen molar-refractivity contribution in [1.29, 1.82) is 0 Å². The van der Waals surface area contributed by atoms with Crippen LogP contribution in [0.1, 0.15) is 17.2 Å². The molecule has 1 unspecified atom stereocenters. The van der Waals surface area contributed by atoms with E-state index >= 15 is 0 Å². The summed E-state index contributed by atoms with van der Waals surface area (Å²) >= 11 is 1.62. The van der Waals surface area contributed by atoms with Gasteiger partial charge in [0.15, 0.2) is 11.5 Å². The molecule has 0 saturated heterocycles. The molecule has 0 aliphatic carbocycles. The van der Waals surface area contributed by atoms with Crippen molar-refractivity contribution in [3.05, 3.63) is 40.1 Å². The maximum Gasteiger partial charge on any atom is 0.203 e. The van der Waals surface area contributed by atoms with Gasteiger partial charge in [0.2, 0.25) is 5.75 Å². The standard InChI is InChI=1S/C15H18O4S/c1-17-13-7-11(8-14(18-2)15(13)19-3)12(16)6-10-4-5-20-9-10/h4-5,7-9,12,16H,6H2,1-3H3. The number of rotatable bonds is 6. The second-order valence-electron chi connectivity index (χ2n) is 4.31. The van der Waals surface area contributed by atoms with Crippen molar-refractivity contribution in [2.75, 3.05) is 21.3 Å². The van der Waals surface area contributed by atoms with E-state index in [4.69, 9.17) is 14.2 Å². The molecule has 1 aromatic carbocycles. The SMILES string of the molecule is COc1cc(C(O)Cc2ccsc2)cc(OC)c1OC. The van der Waals surface area contributed by atoms with Gasteiger partial charge in [0, 0.05) is 6.42 Å². The first kappa shape index (κ1) is 14.7. The molecule has 0 bridgehead atoms. The van der Waals surface area contributed by atoms with Crippen molar-refractivity contribution in [1.82, 2.24) is 0 Å². The summed E-state index contributed by atoms with van der Waals surface area (Å²) in [6.07, 6.45) is -0.0550. The van der Waals surface area contributed by atoms with Crippen LogP contribution in [-0.2, 0) is 6.42 Å². The van der Waals surface area contributed by atoms with E-state index in [0.29, 0.717) is 23.7 Å². The lowest BCUT2D eigenvalue weighted by Gasteiger charge is -2.17. The van der Waals surface area contributed by atoms with E-state index in [1.807, 2.05) is 16.8 Å². The molecule has 20 heavy (non-hydrogen) atoms. The Balaban J connectivity index is 2.31. The van der Waals surface area contributed by atoms with Crippen molar-refractivity contribution >= 4 is 11.3 Å². The van der Waals surface area contributed by atoms with Gasteiger partial charge < -0.3 is 19.3 Å². The van der Waals surface area contributed by atoms with Crippen LogP contribution in [0.3, 0.4) is 0 Å².